The summed E-state index contributed by atoms with van der Waals surface area (Å²) in [5, 5.41) is 0. The lowest BCUT2D eigenvalue weighted by molar-refractivity contribution is -0.169. The summed E-state index contributed by atoms with van der Waals surface area (Å²) < 4.78 is 62.4. The van der Waals surface area contributed by atoms with Gasteiger partial charge in [0.15, 0.2) is 5.94 Å². The van der Waals surface area contributed by atoms with Crippen LogP contribution in [0.25, 0.3) is 0 Å². The van der Waals surface area contributed by atoms with Gasteiger partial charge in [0.2, 0.25) is 9.84 Å². The highest BCUT2D eigenvalue weighted by atomic mass is 32.2. The van der Waals surface area contributed by atoms with Crippen LogP contribution in [0.4, 0.5) is 18.9 Å². The molecule has 1 rings (SSSR count). The number of ether oxygens (including phenoxy) is 1. The van der Waals surface area contributed by atoms with E-state index in [1.54, 1.807) is 0 Å². The number of pyridine rings is 1. The van der Waals surface area contributed by atoms with Crippen LogP contribution in [0.1, 0.15) is 0 Å². The first-order valence-electron chi connectivity index (χ1n) is 4.29. The van der Waals surface area contributed by atoms with Gasteiger partial charge in [0.1, 0.15) is 6.61 Å². The highest BCUT2D eigenvalue weighted by Gasteiger charge is 2.29. The Morgan fingerprint density at radius 1 is 1.41 bits per heavy atom. The summed E-state index contributed by atoms with van der Waals surface area (Å²) in [6.07, 6.45) is -2.30. The zero-order valence-electron chi connectivity index (χ0n) is 8.44. The molecule has 9 heteroatoms. The number of nitrogen functional groups attached to an aromatic ring is 1. The van der Waals surface area contributed by atoms with Crippen molar-refractivity contribution >= 4 is 15.5 Å². The van der Waals surface area contributed by atoms with Gasteiger partial charge in [-0.2, -0.15) is 13.2 Å². The monoisotopic (exact) mass is 270 g/mol. The van der Waals surface area contributed by atoms with Crippen molar-refractivity contribution in [3.63, 3.8) is 0 Å². The minimum Gasteiger partial charge on any atom is -0.396 e. The van der Waals surface area contributed by atoms with Gasteiger partial charge >= 0.3 is 6.18 Å². The van der Waals surface area contributed by atoms with Gasteiger partial charge in [0.05, 0.1) is 16.8 Å². The van der Waals surface area contributed by atoms with Gasteiger partial charge < -0.3 is 10.5 Å². The zero-order chi connectivity index (χ0) is 13.1. The Balaban J connectivity index is 2.74. The molecule has 0 aromatic carbocycles. The first-order chi connectivity index (χ1) is 7.72. The Morgan fingerprint density at radius 3 is 2.59 bits per heavy atom. The predicted molar refractivity (Wildman–Crippen MR) is 52.7 cm³/mol. The van der Waals surface area contributed by atoms with Crippen molar-refractivity contribution < 1.29 is 26.3 Å². The zero-order valence-corrected chi connectivity index (χ0v) is 9.25. The molecule has 0 unspecified atom stereocenters. The minimum atomic E-state index is -4.57. The molecule has 0 bridgehead atoms. The maximum atomic E-state index is 11.8. The third kappa shape index (κ3) is 4.19. The van der Waals surface area contributed by atoms with E-state index in [2.05, 4.69) is 9.72 Å². The lowest BCUT2D eigenvalue weighted by atomic mass is 10.4. The average Bonchev–Trinajstić information content (AvgIpc) is 2.15. The first kappa shape index (κ1) is 13.7. The van der Waals surface area contributed by atoms with Crippen LogP contribution in [0.15, 0.2) is 23.4 Å². The molecule has 0 atom stereocenters. The molecule has 1 aromatic rings. The van der Waals surface area contributed by atoms with Crippen molar-refractivity contribution in [3.8, 4) is 0 Å². The van der Waals surface area contributed by atoms with Crippen molar-refractivity contribution in [2.45, 2.75) is 11.1 Å². The van der Waals surface area contributed by atoms with Gasteiger partial charge in [-0.1, -0.05) is 0 Å². The molecular formula is C8H9F3N2O3S. The smallest absolute Gasteiger partial charge is 0.396 e. The van der Waals surface area contributed by atoms with Crippen LogP contribution >= 0.6 is 0 Å². The average molecular weight is 270 g/mol. The maximum absolute atomic E-state index is 11.8. The van der Waals surface area contributed by atoms with Crippen molar-refractivity contribution in [2.24, 2.45) is 0 Å². The largest absolute Gasteiger partial charge is 0.411 e. The van der Waals surface area contributed by atoms with E-state index < -0.39 is 28.6 Å². The van der Waals surface area contributed by atoms with Gasteiger partial charge in [-0.25, -0.2) is 8.42 Å². The summed E-state index contributed by atoms with van der Waals surface area (Å²) in [7, 11) is -4.00. The van der Waals surface area contributed by atoms with Crippen LogP contribution in [0.5, 0.6) is 0 Å². The second kappa shape index (κ2) is 4.88. The number of nitrogens with zero attached hydrogens (tertiary/aromatic N) is 1. The Morgan fingerprint density at radius 2 is 2.06 bits per heavy atom. The molecule has 96 valence electrons. The fourth-order valence-corrected chi connectivity index (χ4v) is 2.12. The van der Waals surface area contributed by atoms with E-state index in [0.717, 1.165) is 12.3 Å². The topological polar surface area (TPSA) is 82.3 Å². The van der Waals surface area contributed by atoms with Gasteiger partial charge in [-0.05, 0) is 6.07 Å². The first-order valence-corrected chi connectivity index (χ1v) is 5.94. The molecule has 0 saturated heterocycles. The molecule has 1 aromatic heterocycles. The van der Waals surface area contributed by atoms with E-state index in [9.17, 15) is 21.6 Å². The summed E-state index contributed by atoms with van der Waals surface area (Å²) in [6, 6.07) is 1.10. The van der Waals surface area contributed by atoms with E-state index in [4.69, 9.17) is 5.73 Å². The van der Waals surface area contributed by atoms with E-state index >= 15 is 0 Å². The van der Waals surface area contributed by atoms with Crippen LogP contribution in [0, 0.1) is 0 Å². The molecule has 0 aliphatic heterocycles. The van der Waals surface area contributed by atoms with E-state index in [1.165, 1.54) is 6.20 Å². The van der Waals surface area contributed by atoms with Gasteiger partial charge in [-0.3, -0.25) is 4.98 Å². The summed E-state index contributed by atoms with van der Waals surface area (Å²) in [5.74, 6) is -1.08. The number of rotatable bonds is 4. The van der Waals surface area contributed by atoms with Crippen LogP contribution in [-0.4, -0.2) is 32.1 Å². The molecule has 17 heavy (non-hydrogen) atoms. The highest BCUT2D eigenvalue weighted by Crippen LogP contribution is 2.19. The third-order valence-corrected chi connectivity index (χ3v) is 3.17. The summed E-state index contributed by atoms with van der Waals surface area (Å²) in [4.78, 5) is 3.27. The number of alkyl halides is 3. The maximum Gasteiger partial charge on any atom is 0.411 e. The molecule has 0 spiro atoms. The number of anilines is 1. The number of sulfone groups is 1. The Hall–Kier alpha value is -1.35. The molecule has 0 aliphatic carbocycles. The van der Waals surface area contributed by atoms with Crippen molar-refractivity contribution in [3.05, 3.63) is 18.5 Å². The second-order valence-corrected chi connectivity index (χ2v) is 5.01. The fraction of sp³-hybridized carbons (Fsp3) is 0.375. The standard InChI is InChI=1S/C8H9F3N2O3S/c9-8(10,11)4-16-5-17(14,15)7-1-2-13-3-6(7)12/h1-3H,4-5,12H2. The summed E-state index contributed by atoms with van der Waals surface area (Å²) >= 11 is 0. The van der Waals surface area contributed by atoms with Crippen molar-refractivity contribution in [1.82, 2.24) is 4.98 Å². The Labute approximate surface area is 95.3 Å². The number of hydrogen-bond donors (Lipinski definition) is 1. The summed E-state index contributed by atoms with van der Waals surface area (Å²) in [5.41, 5.74) is 5.21. The molecule has 1 heterocycles. The van der Waals surface area contributed by atoms with Crippen molar-refractivity contribution in [2.75, 3.05) is 18.3 Å². The van der Waals surface area contributed by atoms with Crippen LogP contribution < -0.4 is 5.73 Å². The molecule has 2 N–H and O–H groups in total. The molecule has 0 fully saturated rings. The SMILES string of the molecule is Nc1cnccc1S(=O)(=O)COCC(F)(F)F. The van der Waals surface area contributed by atoms with Crippen LogP contribution in [-0.2, 0) is 14.6 Å². The number of aromatic nitrogens is 1. The Bertz CT molecular complexity index is 487. The van der Waals surface area contributed by atoms with Gasteiger partial charge in [0, 0.05) is 6.20 Å². The second-order valence-electron chi connectivity index (χ2n) is 3.11. The molecule has 0 radical (unpaired) electrons. The van der Waals surface area contributed by atoms with Crippen LogP contribution in [0.2, 0.25) is 0 Å². The molecule has 5 nitrogen and oxygen atoms in total. The van der Waals surface area contributed by atoms with E-state index in [-0.39, 0.29) is 10.6 Å². The minimum absolute atomic E-state index is 0.136. The number of hydrogen-bond acceptors (Lipinski definition) is 5. The normalized spacial score (nSPS) is 12.6. The van der Waals surface area contributed by atoms with E-state index in [1.807, 2.05) is 0 Å². The molecule has 0 aliphatic rings. The lowest BCUT2D eigenvalue weighted by Crippen LogP contribution is -2.21. The number of nitrogens with two attached hydrogens (primary N) is 1. The lowest BCUT2D eigenvalue weighted by Gasteiger charge is -2.09. The van der Waals surface area contributed by atoms with Gasteiger partial charge in [0.25, 0.3) is 0 Å². The molecule has 0 saturated carbocycles. The van der Waals surface area contributed by atoms with Gasteiger partial charge in [-0.15, -0.1) is 0 Å². The molecular weight excluding hydrogens is 261 g/mol. The quantitative estimate of drug-likeness (QED) is 0.881. The highest BCUT2D eigenvalue weighted by molar-refractivity contribution is 7.91. The predicted octanol–water partition coefficient (Wildman–Crippen LogP) is 0.974. The fourth-order valence-electron chi connectivity index (χ4n) is 1.01. The van der Waals surface area contributed by atoms with Crippen molar-refractivity contribution in [1.29, 1.82) is 0 Å². The third-order valence-electron chi connectivity index (χ3n) is 1.65. The van der Waals surface area contributed by atoms with E-state index in [0.29, 0.717) is 0 Å². The Kier molecular flexibility index (Phi) is 3.94. The van der Waals surface area contributed by atoms with Crippen LogP contribution in [0.3, 0.4) is 0 Å². The summed E-state index contributed by atoms with van der Waals surface area (Å²) in [6.45, 7) is -1.63. The number of halogens is 3. The molecule has 0 amide bonds.